The molecule has 136 valence electrons. The van der Waals surface area contributed by atoms with E-state index in [9.17, 15) is 23.2 Å². The van der Waals surface area contributed by atoms with Crippen LogP contribution >= 0.6 is 11.8 Å². The molecule has 0 aliphatic rings. The number of hydrazine groups is 1. The third-order valence-electron chi connectivity index (χ3n) is 3.18. The number of hydrogen-bond donors (Lipinski definition) is 4. The fourth-order valence-corrected chi connectivity index (χ4v) is 2.83. The highest BCUT2D eigenvalue weighted by Gasteiger charge is 2.30. The summed E-state index contributed by atoms with van der Waals surface area (Å²) in [6, 6.07) is 5.95. The van der Waals surface area contributed by atoms with Crippen LogP contribution in [0.3, 0.4) is 0 Å². The first-order chi connectivity index (χ1) is 12.3. The number of aromatic nitrogens is 2. The zero-order valence-corrected chi connectivity index (χ0v) is 13.8. The van der Waals surface area contributed by atoms with Gasteiger partial charge in [0.2, 0.25) is 0 Å². The minimum absolute atomic E-state index is 0.00255. The highest BCUT2D eigenvalue weighted by Crippen LogP contribution is 2.32. The van der Waals surface area contributed by atoms with E-state index < -0.39 is 17.4 Å². The summed E-state index contributed by atoms with van der Waals surface area (Å²) in [6.07, 6.45) is -4.49. The molecule has 0 bridgehead atoms. The molecule has 2 rings (SSSR count). The number of amidine groups is 1. The fourth-order valence-electron chi connectivity index (χ4n) is 1.96. The smallest absolute Gasteiger partial charge is 0.322 e. The molecule has 0 amide bonds. The minimum atomic E-state index is -4.49. The number of benzene rings is 1. The Morgan fingerprint density at radius 3 is 2.54 bits per heavy atom. The minimum Gasteiger partial charge on any atom is -0.322 e. The van der Waals surface area contributed by atoms with Crippen molar-refractivity contribution in [3.63, 3.8) is 0 Å². The molecule has 6 N–H and O–H groups in total. The fraction of sp³-hybridized carbons (Fsp3) is 0.143. The predicted octanol–water partition coefficient (Wildman–Crippen LogP) is 1.15. The molecule has 12 heteroatoms. The molecule has 0 fully saturated rings. The van der Waals surface area contributed by atoms with E-state index in [0.717, 1.165) is 36.0 Å². The average molecular weight is 383 g/mol. The number of halogens is 3. The van der Waals surface area contributed by atoms with Crippen LogP contribution < -0.4 is 22.8 Å². The van der Waals surface area contributed by atoms with Crippen molar-refractivity contribution < 1.29 is 13.2 Å². The Labute approximate surface area is 149 Å². The van der Waals surface area contributed by atoms with E-state index in [2.05, 4.69) is 20.5 Å². The van der Waals surface area contributed by atoms with Crippen LogP contribution in [-0.2, 0) is 6.18 Å². The van der Waals surface area contributed by atoms with Crippen LogP contribution in [0, 0.1) is 11.3 Å². The van der Waals surface area contributed by atoms with Gasteiger partial charge in [0.25, 0.3) is 0 Å². The number of hydrazone groups is 1. The SMILES string of the molecule is N#Cc1c(SC/C(=N/N)NN)nc(=O)[nH]c1-c1ccc(C(F)(F)F)cc1. The van der Waals surface area contributed by atoms with Crippen molar-refractivity contribution in [3.05, 3.63) is 45.9 Å². The molecule has 26 heavy (non-hydrogen) atoms. The summed E-state index contributed by atoms with van der Waals surface area (Å²) in [4.78, 5) is 17.9. The van der Waals surface area contributed by atoms with Crippen LogP contribution in [0.1, 0.15) is 11.1 Å². The number of alkyl halides is 3. The normalized spacial score (nSPS) is 11.9. The number of nitrogens with one attached hydrogen (secondary N) is 2. The molecule has 0 aliphatic carbocycles. The third kappa shape index (κ3) is 4.32. The molecule has 0 unspecified atom stereocenters. The largest absolute Gasteiger partial charge is 0.416 e. The van der Waals surface area contributed by atoms with Crippen LogP contribution in [0.5, 0.6) is 0 Å². The lowest BCUT2D eigenvalue weighted by molar-refractivity contribution is -0.137. The van der Waals surface area contributed by atoms with Gasteiger partial charge in [-0.2, -0.15) is 28.5 Å². The number of nitrogens with zero attached hydrogens (tertiary/aromatic N) is 3. The Kier molecular flexibility index (Phi) is 5.86. The van der Waals surface area contributed by atoms with Crippen molar-refractivity contribution >= 4 is 17.6 Å². The average Bonchev–Trinajstić information content (AvgIpc) is 2.61. The standard InChI is InChI=1S/C14H12F3N7OS/c15-14(16,17)8-3-1-7(2-4-8)11-9(5-18)12(22-13(25)21-11)26-6-10(23-19)24-20/h1-4H,6,19-20H2,(H,23,24)(H,21,22,25). The molecule has 2 aromatic rings. The van der Waals surface area contributed by atoms with Gasteiger partial charge in [-0.05, 0) is 17.7 Å². The molecule has 8 nitrogen and oxygen atoms in total. The van der Waals surface area contributed by atoms with Gasteiger partial charge in [-0.15, -0.1) is 0 Å². The van der Waals surface area contributed by atoms with Crippen LogP contribution in [-0.4, -0.2) is 21.6 Å². The second kappa shape index (κ2) is 7.89. The Hall–Kier alpha value is -3.04. The highest BCUT2D eigenvalue weighted by atomic mass is 32.2. The van der Waals surface area contributed by atoms with Crippen LogP contribution in [0.15, 0.2) is 39.2 Å². The summed E-state index contributed by atoms with van der Waals surface area (Å²) in [5, 5.41) is 12.9. The molecule has 0 atom stereocenters. The second-order valence-electron chi connectivity index (χ2n) is 4.79. The van der Waals surface area contributed by atoms with E-state index in [-0.39, 0.29) is 33.4 Å². The monoisotopic (exact) mass is 383 g/mol. The van der Waals surface area contributed by atoms with Crippen LogP contribution in [0.2, 0.25) is 0 Å². The molecule has 1 aromatic heterocycles. The summed E-state index contributed by atoms with van der Waals surface area (Å²) < 4.78 is 38.0. The number of thioether (sulfide) groups is 1. The summed E-state index contributed by atoms with van der Waals surface area (Å²) in [7, 11) is 0. The molecular formula is C14H12F3N7OS. The van der Waals surface area contributed by atoms with E-state index in [1.54, 1.807) is 0 Å². The zero-order valence-electron chi connectivity index (χ0n) is 13.0. The lowest BCUT2D eigenvalue weighted by atomic mass is 10.1. The molecule has 0 aliphatic heterocycles. The van der Waals surface area contributed by atoms with Crippen molar-refractivity contribution in [1.29, 1.82) is 5.26 Å². The lowest BCUT2D eigenvalue weighted by Crippen LogP contribution is -2.33. The van der Waals surface area contributed by atoms with Gasteiger partial charge in [0.15, 0.2) is 0 Å². The Morgan fingerprint density at radius 2 is 2.04 bits per heavy atom. The van der Waals surface area contributed by atoms with E-state index >= 15 is 0 Å². The van der Waals surface area contributed by atoms with Crippen molar-refractivity contribution in [2.75, 3.05) is 5.75 Å². The topological polar surface area (TPSA) is 146 Å². The van der Waals surface area contributed by atoms with E-state index in [4.69, 9.17) is 11.7 Å². The number of nitrogens with two attached hydrogens (primary N) is 2. The molecule has 1 aromatic carbocycles. The number of nitriles is 1. The maximum absolute atomic E-state index is 12.7. The van der Waals surface area contributed by atoms with E-state index in [0.29, 0.717) is 0 Å². The zero-order chi connectivity index (χ0) is 19.3. The second-order valence-corrected chi connectivity index (χ2v) is 5.76. The Bertz CT molecular complexity index is 916. The number of hydrogen-bond acceptors (Lipinski definition) is 7. The summed E-state index contributed by atoms with van der Waals surface area (Å²) in [6.45, 7) is 0. The van der Waals surface area contributed by atoms with Crippen molar-refractivity contribution in [3.8, 4) is 17.3 Å². The first-order valence-corrected chi connectivity index (χ1v) is 7.87. The van der Waals surface area contributed by atoms with Gasteiger partial charge in [0.05, 0.1) is 17.0 Å². The number of H-pyrrole nitrogens is 1. The quantitative estimate of drug-likeness (QED) is 0.155. The van der Waals surface area contributed by atoms with Gasteiger partial charge >= 0.3 is 11.9 Å². The molecule has 1 heterocycles. The summed E-state index contributed by atoms with van der Waals surface area (Å²) >= 11 is 0.972. The van der Waals surface area contributed by atoms with Crippen molar-refractivity contribution in [2.24, 2.45) is 16.8 Å². The van der Waals surface area contributed by atoms with Crippen molar-refractivity contribution in [1.82, 2.24) is 15.4 Å². The first-order valence-electron chi connectivity index (χ1n) is 6.88. The number of rotatable bonds is 4. The molecule has 0 radical (unpaired) electrons. The van der Waals surface area contributed by atoms with Gasteiger partial charge < -0.3 is 16.3 Å². The third-order valence-corrected chi connectivity index (χ3v) is 4.17. The first kappa shape index (κ1) is 19.3. The van der Waals surface area contributed by atoms with Gasteiger partial charge in [0, 0.05) is 0 Å². The Morgan fingerprint density at radius 1 is 1.38 bits per heavy atom. The maximum Gasteiger partial charge on any atom is 0.416 e. The summed E-state index contributed by atoms with van der Waals surface area (Å²) in [5.41, 5.74) is 0.946. The Balaban J connectivity index is 2.46. The molecule has 0 saturated carbocycles. The molecule has 0 saturated heterocycles. The van der Waals surface area contributed by atoms with Crippen molar-refractivity contribution in [2.45, 2.75) is 11.2 Å². The van der Waals surface area contributed by atoms with Crippen LogP contribution in [0.25, 0.3) is 11.3 Å². The van der Waals surface area contributed by atoms with E-state index in [1.807, 2.05) is 6.07 Å². The molecular weight excluding hydrogens is 371 g/mol. The van der Waals surface area contributed by atoms with Gasteiger partial charge in [0.1, 0.15) is 22.5 Å². The highest BCUT2D eigenvalue weighted by molar-refractivity contribution is 8.00. The van der Waals surface area contributed by atoms with E-state index in [1.165, 1.54) is 0 Å². The van der Waals surface area contributed by atoms with Gasteiger partial charge in [-0.3, -0.25) is 0 Å². The molecule has 0 spiro atoms. The van der Waals surface area contributed by atoms with Crippen LogP contribution in [0.4, 0.5) is 13.2 Å². The van der Waals surface area contributed by atoms with Gasteiger partial charge in [-0.25, -0.2) is 10.6 Å². The van der Waals surface area contributed by atoms with Gasteiger partial charge in [-0.1, -0.05) is 23.9 Å². The summed E-state index contributed by atoms with van der Waals surface area (Å²) in [5.74, 6) is 10.6. The maximum atomic E-state index is 12.7. The number of aromatic amines is 1. The predicted molar refractivity (Wildman–Crippen MR) is 89.7 cm³/mol. The lowest BCUT2D eigenvalue weighted by Gasteiger charge is -2.10.